The van der Waals surface area contributed by atoms with Crippen LogP contribution in [0.15, 0.2) is 89.9 Å². The first-order chi connectivity index (χ1) is 18.4. The van der Waals surface area contributed by atoms with E-state index >= 15 is 0 Å². The minimum Gasteiger partial charge on any atom is -0.461 e. The van der Waals surface area contributed by atoms with Crippen LogP contribution in [-0.2, 0) is 24.1 Å². The summed E-state index contributed by atoms with van der Waals surface area (Å²) in [5, 5.41) is 10.2. The minimum absolute atomic E-state index is 0.0327. The van der Waals surface area contributed by atoms with E-state index in [0.29, 0.717) is 12.0 Å². The average Bonchev–Trinajstić information content (AvgIpc) is 3.26. The number of benzene rings is 2. The molecule has 5 atom stereocenters. The number of ether oxygens (including phenoxy) is 2. The Morgan fingerprint density at radius 3 is 2.13 bits per heavy atom. The van der Waals surface area contributed by atoms with Gasteiger partial charge in [-0.2, -0.15) is 0 Å². The maximum absolute atomic E-state index is 13.7. The third-order valence-electron chi connectivity index (χ3n) is 7.18. The van der Waals surface area contributed by atoms with E-state index in [1.807, 2.05) is 19.9 Å². The molecule has 1 fully saturated rings. The summed E-state index contributed by atoms with van der Waals surface area (Å²) in [6, 6.07) is 16.6. The lowest BCUT2D eigenvalue weighted by molar-refractivity contribution is -0.150. The first-order valence-electron chi connectivity index (χ1n) is 13.1. The van der Waals surface area contributed by atoms with Crippen LogP contribution in [0.2, 0.25) is 0 Å². The number of cyclic esters (lactones) is 1. The van der Waals surface area contributed by atoms with Gasteiger partial charge >= 0.3 is 11.9 Å². The summed E-state index contributed by atoms with van der Waals surface area (Å²) in [5.41, 5.74) is -0.611. The van der Waals surface area contributed by atoms with Crippen LogP contribution in [0.3, 0.4) is 0 Å². The smallest absolute Gasteiger partial charge is 0.338 e. The van der Waals surface area contributed by atoms with Crippen molar-refractivity contribution in [2.45, 2.75) is 69.5 Å². The fourth-order valence-corrected chi connectivity index (χ4v) is 6.29. The molecular formula is C31H38O7S. The van der Waals surface area contributed by atoms with Crippen LogP contribution in [0.4, 0.5) is 0 Å². The van der Waals surface area contributed by atoms with Gasteiger partial charge in [-0.15, -0.1) is 0 Å². The molecule has 2 aromatic carbocycles. The average molecular weight is 555 g/mol. The molecule has 0 bridgehead atoms. The largest absolute Gasteiger partial charge is 0.461 e. The molecule has 0 radical (unpaired) electrons. The van der Waals surface area contributed by atoms with Crippen molar-refractivity contribution >= 4 is 21.8 Å². The van der Waals surface area contributed by atoms with Crippen LogP contribution < -0.4 is 0 Å². The Morgan fingerprint density at radius 1 is 1.03 bits per heavy atom. The summed E-state index contributed by atoms with van der Waals surface area (Å²) in [5.74, 6) is -1.17. The Morgan fingerprint density at radius 2 is 1.59 bits per heavy atom. The summed E-state index contributed by atoms with van der Waals surface area (Å²) in [4.78, 5) is 24.7. The third-order valence-corrected chi connectivity index (χ3v) is 9.24. The van der Waals surface area contributed by atoms with Crippen molar-refractivity contribution in [3.8, 4) is 0 Å². The summed E-state index contributed by atoms with van der Waals surface area (Å²) in [6.07, 6.45) is 4.11. The number of carbonyl (C=O) groups excluding carboxylic acids is 2. The number of rotatable bonds is 11. The van der Waals surface area contributed by atoms with E-state index in [4.69, 9.17) is 9.47 Å². The van der Waals surface area contributed by atoms with Crippen molar-refractivity contribution in [3.63, 3.8) is 0 Å². The summed E-state index contributed by atoms with van der Waals surface area (Å²) in [7, 11) is -4.01. The van der Waals surface area contributed by atoms with Crippen LogP contribution in [-0.4, -0.2) is 49.0 Å². The molecule has 1 aliphatic rings. The molecule has 3 unspecified atom stereocenters. The number of hydrogen-bond acceptors (Lipinski definition) is 7. The lowest BCUT2D eigenvalue weighted by Gasteiger charge is -2.38. The number of sulfone groups is 1. The van der Waals surface area contributed by atoms with E-state index in [2.05, 4.69) is 0 Å². The lowest BCUT2D eigenvalue weighted by atomic mass is 9.77. The topological polar surface area (TPSA) is 107 Å². The summed E-state index contributed by atoms with van der Waals surface area (Å²) >= 11 is 0. The van der Waals surface area contributed by atoms with E-state index in [1.54, 1.807) is 81.5 Å². The van der Waals surface area contributed by atoms with E-state index in [0.717, 1.165) is 0 Å². The molecule has 0 spiro atoms. The van der Waals surface area contributed by atoms with Crippen molar-refractivity contribution in [1.29, 1.82) is 0 Å². The molecule has 1 aliphatic heterocycles. The van der Waals surface area contributed by atoms with Crippen LogP contribution >= 0.6 is 0 Å². The lowest BCUT2D eigenvalue weighted by Crippen LogP contribution is -2.48. The van der Waals surface area contributed by atoms with E-state index in [9.17, 15) is 23.1 Å². The molecule has 1 heterocycles. The Labute approximate surface area is 231 Å². The zero-order valence-electron chi connectivity index (χ0n) is 23.1. The zero-order valence-corrected chi connectivity index (χ0v) is 23.9. The fourth-order valence-electron chi connectivity index (χ4n) is 4.45. The maximum Gasteiger partial charge on any atom is 0.338 e. The Kier molecular flexibility index (Phi) is 9.91. The number of esters is 2. The van der Waals surface area contributed by atoms with Gasteiger partial charge in [0.1, 0.15) is 17.5 Å². The Hall–Kier alpha value is -3.23. The van der Waals surface area contributed by atoms with Gasteiger partial charge < -0.3 is 14.6 Å². The molecule has 0 saturated carbocycles. The molecule has 1 saturated heterocycles. The van der Waals surface area contributed by atoms with Gasteiger partial charge in [0.25, 0.3) is 0 Å². The molecule has 210 valence electrons. The van der Waals surface area contributed by atoms with Gasteiger partial charge in [0.2, 0.25) is 0 Å². The highest BCUT2D eigenvalue weighted by Gasteiger charge is 2.49. The third kappa shape index (κ3) is 7.25. The highest BCUT2D eigenvalue weighted by atomic mass is 32.2. The predicted octanol–water partition coefficient (Wildman–Crippen LogP) is 5.16. The number of allylic oxidation sites excluding steroid dienone is 2. The van der Waals surface area contributed by atoms with Gasteiger partial charge in [0, 0.05) is 5.41 Å². The fraction of sp³-hybridized carbons (Fsp3) is 0.419. The van der Waals surface area contributed by atoms with Gasteiger partial charge in [-0.3, -0.25) is 4.79 Å². The van der Waals surface area contributed by atoms with E-state index < -0.39 is 44.8 Å². The molecule has 7 nitrogen and oxygen atoms in total. The van der Waals surface area contributed by atoms with Gasteiger partial charge in [0.15, 0.2) is 9.84 Å². The predicted molar refractivity (Wildman–Crippen MR) is 150 cm³/mol. The number of hydrogen-bond donors (Lipinski definition) is 1. The second-order valence-electron chi connectivity index (χ2n) is 10.9. The van der Waals surface area contributed by atoms with Crippen molar-refractivity contribution < 1.29 is 32.6 Å². The Balaban J connectivity index is 1.87. The molecule has 3 rings (SSSR count). The van der Waals surface area contributed by atoms with E-state index in [1.165, 1.54) is 18.2 Å². The van der Waals surface area contributed by atoms with Gasteiger partial charge in [-0.05, 0) is 42.7 Å². The molecule has 39 heavy (non-hydrogen) atoms. The second-order valence-corrected chi connectivity index (χ2v) is 13.0. The summed E-state index contributed by atoms with van der Waals surface area (Å²) in [6.45, 7) is 9.00. The number of aliphatic hydroxyl groups is 1. The molecule has 1 N–H and O–H groups in total. The number of aliphatic hydroxyl groups excluding tert-OH is 1. The van der Waals surface area contributed by atoms with Crippen molar-refractivity contribution in [1.82, 2.24) is 0 Å². The molecule has 8 heteroatoms. The molecule has 0 amide bonds. The van der Waals surface area contributed by atoms with Crippen LogP contribution in [0, 0.1) is 17.3 Å². The van der Waals surface area contributed by atoms with Crippen molar-refractivity contribution in [3.05, 3.63) is 90.5 Å². The van der Waals surface area contributed by atoms with Crippen LogP contribution in [0.1, 0.15) is 51.4 Å². The highest BCUT2D eigenvalue weighted by molar-refractivity contribution is 7.92. The molecule has 0 aromatic heterocycles. The zero-order chi connectivity index (χ0) is 28.8. The van der Waals surface area contributed by atoms with Crippen LogP contribution in [0.25, 0.3) is 0 Å². The summed E-state index contributed by atoms with van der Waals surface area (Å²) < 4.78 is 38.5. The highest BCUT2D eigenvalue weighted by Crippen LogP contribution is 2.40. The molecular weight excluding hydrogens is 516 g/mol. The van der Waals surface area contributed by atoms with Crippen LogP contribution in [0.5, 0.6) is 0 Å². The quantitative estimate of drug-likeness (QED) is 0.302. The SMILES string of the molecule is CC(C)C(/C=C/C=C/C(C(O)C(C)(C)[C@H]1C[C@@H](C)C(=O)O1)S(=O)(=O)c1ccccc1)OC(=O)c1ccccc1. The van der Waals surface area contributed by atoms with Crippen molar-refractivity contribution in [2.75, 3.05) is 0 Å². The maximum atomic E-state index is 13.7. The van der Waals surface area contributed by atoms with Crippen molar-refractivity contribution in [2.24, 2.45) is 17.3 Å². The first-order valence-corrected chi connectivity index (χ1v) is 14.7. The minimum atomic E-state index is -4.01. The Bertz CT molecular complexity index is 1280. The normalized spacial score (nSPS) is 20.7. The second kappa shape index (κ2) is 12.7. The van der Waals surface area contributed by atoms with E-state index in [-0.39, 0.29) is 22.7 Å². The standard InChI is InChI=1S/C31H38O7S/c1-21(2)25(37-30(34)23-14-8-6-9-15-23)18-12-13-19-26(39(35,36)24-16-10-7-11-17-24)28(32)31(4,5)27-20-22(3)29(33)38-27/h6-19,21-22,25-28,32H,20H2,1-5H3/b18-12+,19-13+/t22-,25?,26?,27-,28?/m1/s1. The van der Waals surface area contributed by atoms with Gasteiger partial charge in [-0.1, -0.05) is 89.2 Å². The molecule has 0 aliphatic carbocycles. The van der Waals surface area contributed by atoms with Gasteiger partial charge in [0.05, 0.1) is 22.5 Å². The molecule has 2 aromatic rings. The first kappa shape index (κ1) is 30.3. The monoisotopic (exact) mass is 554 g/mol. The number of carbonyl (C=O) groups is 2. The van der Waals surface area contributed by atoms with Gasteiger partial charge in [-0.25, -0.2) is 13.2 Å².